The van der Waals surface area contributed by atoms with Gasteiger partial charge in [0, 0.05) is 23.2 Å². The lowest BCUT2D eigenvalue weighted by Gasteiger charge is -2.17. The molecule has 2 heterocycles. The van der Waals surface area contributed by atoms with Crippen molar-refractivity contribution < 1.29 is 23.8 Å². The van der Waals surface area contributed by atoms with Crippen LogP contribution in [0.5, 0.6) is 11.5 Å². The van der Waals surface area contributed by atoms with E-state index in [1.165, 1.54) is 0 Å². The SMILES string of the molecule is COc1ccc(-c2cc(C(=O)OCC(=O)N3CCc4ccccc43)c3ccccc3n2)cc1OC. The van der Waals surface area contributed by atoms with E-state index < -0.39 is 5.97 Å². The van der Waals surface area contributed by atoms with Crippen LogP contribution in [0.1, 0.15) is 15.9 Å². The van der Waals surface area contributed by atoms with Gasteiger partial charge in [0.05, 0.1) is 31.0 Å². The molecule has 7 heteroatoms. The van der Waals surface area contributed by atoms with Crippen molar-refractivity contribution in [3.05, 3.63) is 83.9 Å². The Bertz CT molecular complexity index is 1430. The van der Waals surface area contributed by atoms with Crippen molar-refractivity contribution in [1.29, 1.82) is 0 Å². The number of fused-ring (bicyclic) bond motifs is 2. The lowest BCUT2D eigenvalue weighted by atomic mass is 10.0. The third-order valence-corrected chi connectivity index (χ3v) is 6.13. The number of nitrogens with zero attached hydrogens (tertiary/aromatic N) is 2. The van der Waals surface area contributed by atoms with Gasteiger partial charge in [0.25, 0.3) is 5.91 Å². The molecule has 0 fully saturated rings. The molecule has 3 aromatic carbocycles. The standard InChI is InChI=1S/C28H24N2O5/c1-33-25-12-11-19(15-26(25)34-2)23-16-21(20-8-4-5-9-22(20)29-23)28(32)35-17-27(31)30-14-13-18-7-3-6-10-24(18)30/h3-12,15-16H,13-14,17H2,1-2H3. The molecule has 5 rings (SSSR count). The predicted molar refractivity (Wildman–Crippen MR) is 133 cm³/mol. The third kappa shape index (κ3) is 4.28. The summed E-state index contributed by atoms with van der Waals surface area (Å²) in [4.78, 5) is 32.4. The molecule has 176 valence electrons. The van der Waals surface area contributed by atoms with Crippen LogP contribution in [0.15, 0.2) is 72.8 Å². The molecule has 0 bridgehead atoms. The normalized spacial score (nSPS) is 12.3. The third-order valence-electron chi connectivity index (χ3n) is 6.13. The minimum atomic E-state index is -0.578. The summed E-state index contributed by atoms with van der Waals surface area (Å²) in [6.45, 7) is 0.243. The summed E-state index contributed by atoms with van der Waals surface area (Å²) >= 11 is 0. The highest BCUT2D eigenvalue weighted by Gasteiger charge is 2.25. The number of anilines is 1. The molecule has 0 atom stereocenters. The first kappa shape index (κ1) is 22.4. The second-order valence-corrected chi connectivity index (χ2v) is 8.14. The van der Waals surface area contributed by atoms with E-state index in [2.05, 4.69) is 0 Å². The number of pyridine rings is 1. The van der Waals surface area contributed by atoms with Gasteiger partial charge in [-0.3, -0.25) is 4.79 Å². The largest absolute Gasteiger partial charge is 0.493 e. The fourth-order valence-electron chi connectivity index (χ4n) is 4.37. The van der Waals surface area contributed by atoms with E-state index >= 15 is 0 Å². The van der Waals surface area contributed by atoms with Crippen LogP contribution in [0.2, 0.25) is 0 Å². The van der Waals surface area contributed by atoms with Gasteiger partial charge < -0.3 is 19.1 Å². The molecule has 0 unspecified atom stereocenters. The van der Waals surface area contributed by atoms with Crippen molar-refractivity contribution in [1.82, 2.24) is 4.98 Å². The maximum Gasteiger partial charge on any atom is 0.339 e. The number of ether oxygens (including phenoxy) is 3. The van der Waals surface area contributed by atoms with E-state index in [1.54, 1.807) is 37.3 Å². The highest BCUT2D eigenvalue weighted by Crippen LogP contribution is 2.33. The van der Waals surface area contributed by atoms with Crippen molar-refractivity contribution in [2.45, 2.75) is 6.42 Å². The molecule has 0 saturated heterocycles. The molecule has 0 saturated carbocycles. The number of amides is 1. The number of carbonyl (C=O) groups excluding carboxylic acids is 2. The van der Waals surface area contributed by atoms with Gasteiger partial charge in [0.1, 0.15) is 0 Å². The predicted octanol–water partition coefficient (Wildman–Crippen LogP) is 4.67. The van der Waals surface area contributed by atoms with Crippen molar-refractivity contribution in [2.24, 2.45) is 0 Å². The smallest absolute Gasteiger partial charge is 0.339 e. The van der Waals surface area contributed by atoms with Crippen LogP contribution in [0, 0.1) is 0 Å². The molecule has 1 aliphatic rings. The fraction of sp³-hybridized carbons (Fsp3) is 0.179. The van der Waals surface area contributed by atoms with Gasteiger partial charge in [-0.2, -0.15) is 0 Å². The number of aromatic nitrogens is 1. The average Bonchev–Trinajstić information content (AvgIpc) is 3.35. The second kappa shape index (κ2) is 9.46. The van der Waals surface area contributed by atoms with Gasteiger partial charge in [-0.05, 0) is 48.4 Å². The zero-order chi connectivity index (χ0) is 24.4. The number of methoxy groups -OCH3 is 2. The van der Waals surface area contributed by atoms with Crippen LogP contribution < -0.4 is 14.4 Å². The Hall–Kier alpha value is -4.39. The van der Waals surface area contributed by atoms with Crippen LogP contribution in [0.4, 0.5) is 5.69 Å². The average molecular weight is 469 g/mol. The molecular weight excluding hydrogens is 444 g/mol. The Balaban J connectivity index is 1.43. The van der Waals surface area contributed by atoms with E-state index in [1.807, 2.05) is 54.6 Å². The molecule has 1 aromatic heterocycles. The quantitative estimate of drug-likeness (QED) is 0.383. The van der Waals surface area contributed by atoms with Gasteiger partial charge in [-0.25, -0.2) is 9.78 Å². The first-order valence-corrected chi connectivity index (χ1v) is 11.3. The number of hydrogen-bond donors (Lipinski definition) is 0. The Morgan fingerprint density at radius 3 is 2.51 bits per heavy atom. The Labute approximate surface area is 202 Å². The maximum absolute atomic E-state index is 13.2. The van der Waals surface area contributed by atoms with Crippen molar-refractivity contribution in [3.63, 3.8) is 0 Å². The molecule has 0 aliphatic carbocycles. The monoisotopic (exact) mass is 468 g/mol. The molecule has 1 amide bonds. The van der Waals surface area contributed by atoms with Crippen molar-refractivity contribution >= 4 is 28.5 Å². The van der Waals surface area contributed by atoms with Crippen LogP contribution in [-0.2, 0) is 16.0 Å². The topological polar surface area (TPSA) is 78.0 Å². The lowest BCUT2D eigenvalue weighted by molar-refractivity contribution is -0.121. The number of carbonyl (C=O) groups is 2. The minimum absolute atomic E-state index is 0.248. The summed E-state index contributed by atoms with van der Waals surface area (Å²) in [6.07, 6.45) is 0.791. The molecule has 0 radical (unpaired) electrons. The lowest BCUT2D eigenvalue weighted by Crippen LogP contribution is -2.33. The first-order chi connectivity index (χ1) is 17.1. The summed E-state index contributed by atoms with van der Waals surface area (Å²) in [7, 11) is 3.13. The Morgan fingerprint density at radius 1 is 0.914 bits per heavy atom. The summed E-state index contributed by atoms with van der Waals surface area (Å²) in [6, 6.07) is 22.2. The Morgan fingerprint density at radius 2 is 1.69 bits per heavy atom. The first-order valence-electron chi connectivity index (χ1n) is 11.3. The molecular formula is C28H24N2O5. The van der Waals surface area contributed by atoms with Gasteiger partial charge in [-0.1, -0.05) is 36.4 Å². The van der Waals surface area contributed by atoms with E-state index in [-0.39, 0.29) is 12.5 Å². The molecule has 35 heavy (non-hydrogen) atoms. The molecule has 4 aromatic rings. The summed E-state index contributed by atoms with van der Waals surface area (Å²) < 4.78 is 16.2. The number of hydrogen-bond acceptors (Lipinski definition) is 6. The number of rotatable bonds is 6. The number of esters is 1. The van der Waals surface area contributed by atoms with E-state index in [9.17, 15) is 9.59 Å². The molecule has 1 aliphatic heterocycles. The summed E-state index contributed by atoms with van der Waals surface area (Å²) in [5.41, 5.74) is 4.32. The summed E-state index contributed by atoms with van der Waals surface area (Å²) in [5.74, 6) is 0.326. The van der Waals surface area contributed by atoms with Crippen LogP contribution >= 0.6 is 0 Å². The zero-order valence-corrected chi connectivity index (χ0v) is 19.5. The van der Waals surface area contributed by atoms with Crippen LogP contribution in [0.25, 0.3) is 22.2 Å². The van der Waals surface area contributed by atoms with E-state index in [0.29, 0.717) is 40.2 Å². The number of benzene rings is 3. The zero-order valence-electron chi connectivity index (χ0n) is 19.5. The fourth-order valence-corrected chi connectivity index (χ4v) is 4.37. The maximum atomic E-state index is 13.2. The van der Waals surface area contributed by atoms with Crippen molar-refractivity contribution in [2.75, 3.05) is 32.3 Å². The van der Waals surface area contributed by atoms with Crippen LogP contribution in [0.3, 0.4) is 0 Å². The Kier molecular flexibility index (Phi) is 6.06. The molecule has 0 N–H and O–H groups in total. The summed E-state index contributed by atoms with van der Waals surface area (Å²) in [5, 5.41) is 0.653. The van der Waals surface area contributed by atoms with E-state index in [0.717, 1.165) is 23.2 Å². The minimum Gasteiger partial charge on any atom is -0.493 e. The van der Waals surface area contributed by atoms with Gasteiger partial charge >= 0.3 is 5.97 Å². The van der Waals surface area contributed by atoms with E-state index in [4.69, 9.17) is 19.2 Å². The second-order valence-electron chi connectivity index (χ2n) is 8.14. The van der Waals surface area contributed by atoms with Crippen LogP contribution in [-0.4, -0.2) is 44.2 Å². The number of para-hydroxylation sites is 2. The highest BCUT2D eigenvalue weighted by molar-refractivity contribution is 6.06. The highest BCUT2D eigenvalue weighted by atomic mass is 16.5. The molecule has 7 nitrogen and oxygen atoms in total. The van der Waals surface area contributed by atoms with Gasteiger partial charge in [-0.15, -0.1) is 0 Å². The van der Waals surface area contributed by atoms with Crippen molar-refractivity contribution in [3.8, 4) is 22.8 Å². The van der Waals surface area contributed by atoms with Gasteiger partial charge in [0.15, 0.2) is 18.1 Å². The van der Waals surface area contributed by atoms with Gasteiger partial charge in [0.2, 0.25) is 0 Å². The molecule has 0 spiro atoms.